The number of benzene rings is 1. The molecule has 3 heterocycles. The number of likely N-dealkylation sites (N-methyl/N-ethyl adjacent to an activating group) is 1. The molecule has 9 heteroatoms. The first-order chi connectivity index (χ1) is 16.0. The molecule has 2 amide bonds. The van der Waals surface area contributed by atoms with Crippen LogP contribution in [0.1, 0.15) is 16.7 Å². The van der Waals surface area contributed by atoms with Gasteiger partial charge >= 0.3 is 6.09 Å². The van der Waals surface area contributed by atoms with Gasteiger partial charge in [0.05, 0.1) is 4.34 Å². The predicted octanol–water partition coefficient (Wildman–Crippen LogP) is 4.17. The second-order valence-corrected chi connectivity index (χ2v) is 9.66. The molecule has 4 rings (SSSR count). The van der Waals surface area contributed by atoms with Gasteiger partial charge < -0.3 is 20.3 Å². The van der Waals surface area contributed by atoms with Gasteiger partial charge in [0.1, 0.15) is 6.04 Å². The number of pyridine rings is 1. The molecule has 2 aromatic heterocycles. The lowest BCUT2D eigenvalue weighted by Crippen LogP contribution is -2.46. The molecule has 172 valence electrons. The van der Waals surface area contributed by atoms with E-state index in [2.05, 4.69) is 33.6 Å². The summed E-state index contributed by atoms with van der Waals surface area (Å²) in [5.74, 6) is -0.328. The average molecular weight is 485 g/mol. The molecule has 1 atom stereocenters. The minimum absolute atomic E-state index is 0.274. The molecule has 0 spiro atoms. The van der Waals surface area contributed by atoms with Crippen LogP contribution in [0.15, 0.2) is 54.9 Å². The highest BCUT2D eigenvalue weighted by atomic mass is 35.5. The molecule has 0 aliphatic carbocycles. The average Bonchev–Trinajstić information content (AvgIpc) is 3.11. The Hall–Kier alpha value is -2.94. The van der Waals surface area contributed by atoms with E-state index in [4.69, 9.17) is 16.3 Å². The number of thiophene rings is 1. The van der Waals surface area contributed by atoms with Gasteiger partial charge in [-0.05, 0) is 66.9 Å². The maximum absolute atomic E-state index is 13.2. The second kappa shape index (κ2) is 10.8. The van der Waals surface area contributed by atoms with E-state index < -0.39 is 12.1 Å². The number of carbonyl (C=O) groups is 2. The highest BCUT2D eigenvalue weighted by molar-refractivity contribution is 7.17. The topological polar surface area (TPSA) is 83.6 Å². The van der Waals surface area contributed by atoms with Crippen LogP contribution in [-0.2, 0) is 24.1 Å². The molecule has 1 aromatic carbocycles. The number of rotatable bonds is 6. The van der Waals surface area contributed by atoms with Gasteiger partial charge in [-0.25, -0.2) is 4.79 Å². The van der Waals surface area contributed by atoms with Crippen LogP contribution in [0.3, 0.4) is 0 Å². The number of halogens is 1. The highest BCUT2D eigenvalue weighted by Gasteiger charge is 2.23. The summed E-state index contributed by atoms with van der Waals surface area (Å²) in [5, 5.41) is 5.99. The van der Waals surface area contributed by atoms with Crippen LogP contribution >= 0.6 is 22.9 Å². The van der Waals surface area contributed by atoms with Crippen LogP contribution < -0.4 is 15.4 Å². The van der Waals surface area contributed by atoms with E-state index in [0.29, 0.717) is 15.1 Å². The lowest BCUT2D eigenvalue weighted by molar-refractivity contribution is -0.118. The molecule has 0 saturated carbocycles. The number of carbonyl (C=O) groups excluding carboxylic acids is 2. The van der Waals surface area contributed by atoms with Gasteiger partial charge in [-0.2, -0.15) is 0 Å². The molecule has 0 bridgehead atoms. The Labute approximate surface area is 201 Å². The van der Waals surface area contributed by atoms with Crippen molar-refractivity contribution in [3.05, 3.63) is 75.9 Å². The normalized spacial score (nSPS) is 14.6. The number of hydrogen-bond acceptors (Lipinski definition) is 6. The summed E-state index contributed by atoms with van der Waals surface area (Å²) in [7, 11) is 2.12. The van der Waals surface area contributed by atoms with E-state index in [0.717, 1.165) is 42.8 Å². The number of ether oxygens (including phenoxy) is 1. The molecule has 33 heavy (non-hydrogen) atoms. The molecule has 0 fully saturated rings. The quantitative estimate of drug-likeness (QED) is 0.548. The van der Waals surface area contributed by atoms with Gasteiger partial charge in [-0.15, -0.1) is 0 Å². The fraction of sp³-hybridized carbons (Fsp3) is 0.292. The second-order valence-electron chi connectivity index (χ2n) is 7.99. The first kappa shape index (κ1) is 23.2. The summed E-state index contributed by atoms with van der Waals surface area (Å²) in [4.78, 5) is 32.0. The molecule has 1 aliphatic heterocycles. The van der Waals surface area contributed by atoms with Crippen molar-refractivity contribution in [1.82, 2.24) is 15.2 Å². The van der Waals surface area contributed by atoms with E-state index in [1.54, 1.807) is 30.6 Å². The fourth-order valence-electron chi connectivity index (χ4n) is 3.72. The molecule has 1 aliphatic rings. The third-order valence-electron chi connectivity index (χ3n) is 5.51. The minimum atomic E-state index is -0.845. The standard InChI is InChI=1S/C24H25ClN4O3S/c1-29-11-8-17-4-5-19(14-18(17)9-12-29)27-23(30)20(13-16-3-2-10-26-15-16)28-24(31)32-22-7-6-21(25)33-22/h2-7,10,14-15,20H,8-9,11-13H2,1H3,(H,27,30)(H,28,31)/t20-/m1/s1. The lowest BCUT2D eigenvalue weighted by atomic mass is 10.0. The van der Waals surface area contributed by atoms with Gasteiger partial charge in [0.25, 0.3) is 0 Å². The van der Waals surface area contributed by atoms with Crippen LogP contribution in [0.25, 0.3) is 0 Å². The van der Waals surface area contributed by atoms with E-state index >= 15 is 0 Å². The van der Waals surface area contributed by atoms with Crippen molar-refractivity contribution in [1.29, 1.82) is 0 Å². The van der Waals surface area contributed by atoms with Crippen molar-refractivity contribution in [2.24, 2.45) is 0 Å². The summed E-state index contributed by atoms with van der Waals surface area (Å²) in [6.45, 7) is 2.00. The zero-order chi connectivity index (χ0) is 23.2. The van der Waals surface area contributed by atoms with Crippen molar-refractivity contribution in [2.45, 2.75) is 25.3 Å². The number of fused-ring (bicyclic) bond motifs is 1. The highest BCUT2D eigenvalue weighted by Crippen LogP contribution is 2.28. The first-order valence-electron chi connectivity index (χ1n) is 10.7. The molecular weight excluding hydrogens is 460 g/mol. The SMILES string of the molecule is CN1CCc2ccc(NC(=O)[C@@H](Cc3cccnc3)NC(=O)Oc3ccc(Cl)s3)cc2CC1. The Morgan fingerprint density at radius 2 is 2.00 bits per heavy atom. The maximum atomic E-state index is 13.2. The van der Waals surface area contributed by atoms with Gasteiger partial charge in [0.2, 0.25) is 5.91 Å². The van der Waals surface area contributed by atoms with Gasteiger partial charge in [-0.3, -0.25) is 9.78 Å². The van der Waals surface area contributed by atoms with Crippen molar-refractivity contribution < 1.29 is 14.3 Å². The number of amides is 2. The smallest absolute Gasteiger partial charge is 0.399 e. The van der Waals surface area contributed by atoms with Crippen LogP contribution in [0, 0.1) is 0 Å². The summed E-state index contributed by atoms with van der Waals surface area (Å²) < 4.78 is 5.80. The predicted molar refractivity (Wildman–Crippen MR) is 130 cm³/mol. The zero-order valence-electron chi connectivity index (χ0n) is 18.2. The van der Waals surface area contributed by atoms with Crippen molar-refractivity contribution in [2.75, 3.05) is 25.5 Å². The molecule has 0 radical (unpaired) electrons. The lowest BCUT2D eigenvalue weighted by Gasteiger charge is -2.19. The Balaban J connectivity index is 1.47. The minimum Gasteiger partial charge on any atom is -0.399 e. The van der Waals surface area contributed by atoms with Gasteiger partial charge in [0.15, 0.2) is 5.06 Å². The monoisotopic (exact) mass is 484 g/mol. The summed E-state index contributed by atoms with van der Waals surface area (Å²) in [5.41, 5.74) is 4.07. The van der Waals surface area contributed by atoms with Gasteiger partial charge in [-0.1, -0.05) is 35.1 Å². The van der Waals surface area contributed by atoms with Crippen molar-refractivity contribution in [3.8, 4) is 5.06 Å². The first-order valence-corrected chi connectivity index (χ1v) is 11.9. The van der Waals surface area contributed by atoms with E-state index in [1.165, 1.54) is 11.1 Å². The maximum Gasteiger partial charge on any atom is 0.414 e. The zero-order valence-corrected chi connectivity index (χ0v) is 19.8. The van der Waals surface area contributed by atoms with Crippen LogP contribution in [0.5, 0.6) is 5.06 Å². The summed E-state index contributed by atoms with van der Waals surface area (Å²) in [6, 6.07) is 12.1. The molecule has 0 unspecified atom stereocenters. The molecule has 3 aromatic rings. The molecule has 7 nitrogen and oxygen atoms in total. The Kier molecular flexibility index (Phi) is 7.59. The van der Waals surface area contributed by atoms with E-state index in [1.807, 2.05) is 18.2 Å². The van der Waals surface area contributed by atoms with Gasteiger partial charge in [0, 0.05) is 37.6 Å². The Morgan fingerprint density at radius 3 is 2.73 bits per heavy atom. The number of nitrogens with one attached hydrogen (secondary N) is 2. The number of anilines is 1. The van der Waals surface area contributed by atoms with E-state index in [9.17, 15) is 9.59 Å². The largest absolute Gasteiger partial charge is 0.414 e. The van der Waals surface area contributed by atoms with Crippen LogP contribution in [0.4, 0.5) is 10.5 Å². The molecule has 0 saturated heterocycles. The van der Waals surface area contributed by atoms with Crippen molar-refractivity contribution in [3.63, 3.8) is 0 Å². The van der Waals surface area contributed by atoms with E-state index in [-0.39, 0.29) is 12.3 Å². The molecular formula is C24H25ClN4O3S. The number of aromatic nitrogens is 1. The fourth-order valence-corrected chi connectivity index (χ4v) is 4.60. The molecule has 2 N–H and O–H groups in total. The summed E-state index contributed by atoms with van der Waals surface area (Å²) in [6.07, 6.45) is 4.81. The van der Waals surface area contributed by atoms with Crippen LogP contribution in [0.2, 0.25) is 4.34 Å². The number of hydrogen-bond donors (Lipinski definition) is 2. The third kappa shape index (κ3) is 6.54. The Morgan fingerprint density at radius 1 is 1.18 bits per heavy atom. The summed E-state index contributed by atoms with van der Waals surface area (Å²) >= 11 is 7.04. The number of nitrogens with zero attached hydrogens (tertiary/aromatic N) is 2. The van der Waals surface area contributed by atoms with Crippen LogP contribution in [-0.4, -0.2) is 48.1 Å². The Bertz CT molecular complexity index is 1120. The van der Waals surface area contributed by atoms with Crippen molar-refractivity contribution >= 4 is 40.6 Å². The third-order valence-corrected chi connectivity index (χ3v) is 6.62.